The van der Waals surface area contributed by atoms with Gasteiger partial charge in [-0.1, -0.05) is 24.3 Å². The van der Waals surface area contributed by atoms with E-state index >= 15 is 0 Å². The lowest BCUT2D eigenvalue weighted by atomic mass is 10.1. The molecule has 0 radical (unpaired) electrons. The molecule has 0 unspecified atom stereocenters. The van der Waals surface area contributed by atoms with Gasteiger partial charge in [0.1, 0.15) is 0 Å². The van der Waals surface area contributed by atoms with Crippen LogP contribution in [-0.2, 0) is 10.0 Å². The summed E-state index contributed by atoms with van der Waals surface area (Å²) in [6.07, 6.45) is 0. The molecule has 30 heavy (non-hydrogen) atoms. The Kier molecular flexibility index (Phi) is 5.84. The van der Waals surface area contributed by atoms with E-state index < -0.39 is 20.9 Å². The van der Waals surface area contributed by atoms with Gasteiger partial charge in [0.25, 0.3) is 21.6 Å². The molecule has 2 N–H and O–H groups in total. The summed E-state index contributed by atoms with van der Waals surface area (Å²) >= 11 is 0. The van der Waals surface area contributed by atoms with Crippen molar-refractivity contribution in [3.8, 4) is 0 Å². The van der Waals surface area contributed by atoms with Crippen molar-refractivity contribution >= 4 is 33.0 Å². The predicted octanol–water partition coefficient (Wildman–Crippen LogP) is 4.26. The summed E-state index contributed by atoms with van der Waals surface area (Å²) in [5.74, 6) is -0.539. The number of para-hydroxylation sites is 1. The number of non-ortho nitro benzene ring substituents is 1. The Morgan fingerprint density at radius 3 is 2.13 bits per heavy atom. The summed E-state index contributed by atoms with van der Waals surface area (Å²) in [5, 5.41) is 13.4. The molecule has 0 aliphatic heterocycles. The molecule has 9 heteroatoms. The summed E-state index contributed by atoms with van der Waals surface area (Å²) in [7, 11) is -3.81. The predicted molar refractivity (Wildman–Crippen MR) is 114 cm³/mol. The lowest BCUT2D eigenvalue weighted by Gasteiger charge is -2.13. The summed E-state index contributed by atoms with van der Waals surface area (Å²) < 4.78 is 28.0. The number of carbonyl (C=O) groups is 1. The number of hydrogen-bond donors (Lipinski definition) is 2. The summed E-state index contributed by atoms with van der Waals surface area (Å²) in [6, 6.07) is 16.5. The molecule has 0 heterocycles. The molecule has 1 amide bonds. The first kappa shape index (κ1) is 21.0. The number of hydrogen-bond acceptors (Lipinski definition) is 5. The van der Waals surface area contributed by atoms with E-state index in [-0.39, 0.29) is 16.1 Å². The number of aryl methyl sites for hydroxylation is 2. The number of benzene rings is 3. The molecule has 0 atom stereocenters. The van der Waals surface area contributed by atoms with Crippen molar-refractivity contribution in [2.75, 3.05) is 10.0 Å². The lowest BCUT2D eigenvalue weighted by molar-refractivity contribution is -0.384. The summed E-state index contributed by atoms with van der Waals surface area (Å²) in [5.41, 5.74) is 2.43. The molecule has 0 spiro atoms. The standard InChI is InChI=1S/C21H19N3O5S/c1-14-5-3-6-15(2)20(14)23-30(28,29)19-11-9-17(10-12-19)22-21(25)16-7-4-8-18(13-16)24(26)27/h3-13,23H,1-2H3,(H,22,25). The van der Waals surface area contributed by atoms with Crippen LogP contribution in [0.1, 0.15) is 21.5 Å². The van der Waals surface area contributed by atoms with Crippen molar-refractivity contribution in [3.63, 3.8) is 0 Å². The van der Waals surface area contributed by atoms with E-state index in [9.17, 15) is 23.3 Å². The van der Waals surface area contributed by atoms with Crippen LogP contribution in [-0.4, -0.2) is 19.2 Å². The number of amides is 1. The number of nitro groups is 1. The van der Waals surface area contributed by atoms with E-state index in [0.717, 1.165) is 11.1 Å². The zero-order valence-corrected chi connectivity index (χ0v) is 17.1. The van der Waals surface area contributed by atoms with Crippen LogP contribution in [0.15, 0.2) is 71.6 Å². The van der Waals surface area contributed by atoms with Crippen LogP contribution < -0.4 is 10.0 Å². The third-order valence-electron chi connectivity index (χ3n) is 4.46. The Balaban J connectivity index is 1.77. The quantitative estimate of drug-likeness (QED) is 0.452. The fourth-order valence-corrected chi connectivity index (χ4v) is 4.05. The zero-order valence-electron chi connectivity index (χ0n) is 16.2. The van der Waals surface area contributed by atoms with Crippen LogP contribution in [0.4, 0.5) is 17.1 Å². The van der Waals surface area contributed by atoms with Gasteiger partial charge >= 0.3 is 0 Å². The second kappa shape index (κ2) is 8.34. The molecule has 0 fully saturated rings. The topological polar surface area (TPSA) is 118 Å². The molecule has 3 aromatic carbocycles. The molecule has 3 rings (SSSR count). The first-order valence-corrected chi connectivity index (χ1v) is 10.4. The van der Waals surface area contributed by atoms with Crippen molar-refractivity contribution in [2.24, 2.45) is 0 Å². The molecule has 0 aliphatic rings. The van der Waals surface area contributed by atoms with E-state index in [1.807, 2.05) is 32.0 Å². The van der Waals surface area contributed by atoms with Crippen molar-refractivity contribution in [2.45, 2.75) is 18.7 Å². The fourth-order valence-electron chi connectivity index (χ4n) is 2.85. The van der Waals surface area contributed by atoms with Crippen LogP contribution in [0.25, 0.3) is 0 Å². The number of carbonyl (C=O) groups excluding carboxylic acids is 1. The SMILES string of the molecule is Cc1cccc(C)c1NS(=O)(=O)c1ccc(NC(=O)c2cccc([N+](=O)[O-])c2)cc1. The Hall–Kier alpha value is -3.72. The van der Waals surface area contributed by atoms with Crippen LogP contribution in [0.3, 0.4) is 0 Å². The molecule has 0 saturated heterocycles. The molecule has 3 aromatic rings. The van der Waals surface area contributed by atoms with Gasteiger partial charge in [0, 0.05) is 23.4 Å². The number of rotatable bonds is 6. The van der Waals surface area contributed by atoms with Crippen LogP contribution in [0, 0.1) is 24.0 Å². The number of nitro benzene ring substituents is 1. The number of anilines is 2. The van der Waals surface area contributed by atoms with E-state index in [1.165, 1.54) is 48.5 Å². The summed E-state index contributed by atoms with van der Waals surface area (Å²) in [4.78, 5) is 22.6. The van der Waals surface area contributed by atoms with Gasteiger partial charge in [0.2, 0.25) is 0 Å². The molecule has 0 saturated carbocycles. The second-order valence-corrected chi connectivity index (χ2v) is 8.34. The largest absolute Gasteiger partial charge is 0.322 e. The van der Waals surface area contributed by atoms with Crippen LogP contribution in [0.2, 0.25) is 0 Å². The Morgan fingerprint density at radius 1 is 0.933 bits per heavy atom. The van der Waals surface area contributed by atoms with E-state index in [1.54, 1.807) is 0 Å². The highest BCUT2D eigenvalue weighted by Gasteiger charge is 2.17. The molecule has 154 valence electrons. The van der Waals surface area contributed by atoms with Crippen molar-refractivity contribution in [3.05, 3.63) is 93.5 Å². The second-order valence-electron chi connectivity index (χ2n) is 6.66. The number of nitrogens with one attached hydrogen (secondary N) is 2. The molecule has 0 aliphatic carbocycles. The third kappa shape index (κ3) is 4.64. The number of nitrogens with zero attached hydrogens (tertiary/aromatic N) is 1. The van der Waals surface area contributed by atoms with Gasteiger partial charge in [-0.2, -0.15) is 0 Å². The highest BCUT2D eigenvalue weighted by atomic mass is 32.2. The fraction of sp³-hybridized carbons (Fsp3) is 0.0952. The highest BCUT2D eigenvalue weighted by molar-refractivity contribution is 7.92. The average molecular weight is 425 g/mol. The van der Waals surface area contributed by atoms with Crippen molar-refractivity contribution in [1.29, 1.82) is 0 Å². The zero-order chi connectivity index (χ0) is 21.9. The van der Waals surface area contributed by atoms with E-state index in [2.05, 4.69) is 10.0 Å². The maximum atomic E-state index is 12.7. The van der Waals surface area contributed by atoms with E-state index in [4.69, 9.17) is 0 Å². The van der Waals surface area contributed by atoms with Crippen LogP contribution in [0.5, 0.6) is 0 Å². The monoisotopic (exact) mass is 425 g/mol. The Bertz CT molecular complexity index is 1200. The van der Waals surface area contributed by atoms with Crippen molar-refractivity contribution in [1.82, 2.24) is 0 Å². The first-order valence-electron chi connectivity index (χ1n) is 8.92. The lowest BCUT2D eigenvalue weighted by Crippen LogP contribution is -2.15. The van der Waals surface area contributed by atoms with Crippen LogP contribution >= 0.6 is 0 Å². The molecule has 0 bridgehead atoms. The highest BCUT2D eigenvalue weighted by Crippen LogP contribution is 2.24. The maximum Gasteiger partial charge on any atom is 0.270 e. The third-order valence-corrected chi connectivity index (χ3v) is 5.82. The summed E-state index contributed by atoms with van der Waals surface area (Å²) in [6.45, 7) is 3.63. The van der Waals surface area contributed by atoms with Gasteiger partial charge in [-0.3, -0.25) is 19.6 Å². The molecule has 0 aromatic heterocycles. The maximum absolute atomic E-state index is 12.7. The van der Waals surface area contributed by atoms with Gasteiger partial charge in [-0.25, -0.2) is 8.42 Å². The Morgan fingerprint density at radius 2 is 1.53 bits per heavy atom. The number of sulfonamides is 1. The molecular formula is C21H19N3O5S. The molecular weight excluding hydrogens is 406 g/mol. The minimum atomic E-state index is -3.81. The first-order chi connectivity index (χ1) is 14.2. The Labute approximate surface area is 173 Å². The minimum Gasteiger partial charge on any atom is -0.322 e. The normalized spacial score (nSPS) is 11.0. The average Bonchev–Trinajstić information content (AvgIpc) is 2.71. The van der Waals surface area contributed by atoms with Gasteiger partial charge in [-0.05, 0) is 55.3 Å². The van der Waals surface area contributed by atoms with Gasteiger partial charge in [-0.15, -0.1) is 0 Å². The van der Waals surface area contributed by atoms with Crippen molar-refractivity contribution < 1.29 is 18.1 Å². The van der Waals surface area contributed by atoms with Gasteiger partial charge < -0.3 is 5.32 Å². The van der Waals surface area contributed by atoms with Gasteiger partial charge in [0.05, 0.1) is 15.5 Å². The molecule has 8 nitrogen and oxygen atoms in total. The smallest absolute Gasteiger partial charge is 0.270 e. The van der Waals surface area contributed by atoms with Gasteiger partial charge in [0.15, 0.2) is 0 Å². The van der Waals surface area contributed by atoms with E-state index in [0.29, 0.717) is 11.4 Å². The minimum absolute atomic E-state index is 0.0403.